The first kappa shape index (κ1) is 25.0. The molecule has 0 unspecified atom stereocenters. The van der Waals surface area contributed by atoms with Gasteiger partial charge in [0.25, 0.3) is 5.91 Å². The second kappa shape index (κ2) is 12.5. The molecule has 0 radical (unpaired) electrons. The van der Waals surface area contributed by atoms with Gasteiger partial charge in [0.2, 0.25) is 0 Å². The van der Waals surface area contributed by atoms with Crippen LogP contribution in [0.4, 0.5) is 5.69 Å². The average molecular weight is 475 g/mol. The Labute approximate surface area is 203 Å². The number of methoxy groups -OCH3 is 1. The number of nitrogens with one attached hydrogen (secondary N) is 3. The number of benzene rings is 3. The van der Waals surface area contributed by atoms with Gasteiger partial charge in [-0.1, -0.05) is 42.5 Å². The van der Waals surface area contributed by atoms with Gasteiger partial charge in [0.1, 0.15) is 0 Å². The molecule has 0 heterocycles. The van der Waals surface area contributed by atoms with Crippen molar-refractivity contribution in [2.75, 3.05) is 19.0 Å². The Morgan fingerprint density at radius 3 is 2.46 bits per heavy atom. The summed E-state index contributed by atoms with van der Waals surface area (Å²) >= 11 is 0. The van der Waals surface area contributed by atoms with Crippen molar-refractivity contribution in [3.05, 3.63) is 89.5 Å². The average Bonchev–Trinajstić information content (AvgIpc) is 2.86. The first-order valence-electron chi connectivity index (χ1n) is 10.8. The lowest BCUT2D eigenvalue weighted by atomic mass is 10.2. The molecule has 3 rings (SSSR count). The standard InChI is InChI=1S/C26H26N4O5/c1-18-7-6-10-21(13-18)29-24(31)17-35-22-12-11-20(14-23(22)34-2)16-28-30-26(33)25(32)27-15-19-8-4-3-5-9-19/h3-14,16H,15,17H2,1-2H3,(H,27,32)(H,29,31)(H,30,33)/b28-16-. The maximum atomic E-state index is 12.2. The van der Waals surface area contributed by atoms with E-state index >= 15 is 0 Å². The minimum Gasteiger partial charge on any atom is -0.493 e. The molecule has 0 saturated carbocycles. The summed E-state index contributed by atoms with van der Waals surface area (Å²) in [6.45, 7) is 1.97. The van der Waals surface area contributed by atoms with Crippen molar-refractivity contribution in [1.82, 2.24) is 10.7 Å². The molecule has 0 aliphatic rings. The van der Waals surface area contributed by atoms with E-state index in [1.807, 2.05) is 55.5 Å². The fourth-order valence-corrected chi connectivity index (χ4v) is 3.02. The predicted molar refractivity (Wildman–Crippen MR) is 132 cm³/mol. The highest BCUT2D eigenvalue weighted by atomic mass is 16.5. The molecule has 3 aromatic rings. The molecular formula is C26H26N4O5. The monoisotopic (exact) mass is 474 g/mol. The maximum absolute atomic E-state index is 12.2. The number of aryl methyl sites for hydroxylation is 1. The molecule has 0 atom stereocenters. The summed E-state index contributed by atoms with van der Waals surface area (Å²) in [6, 6.07) is 21.6. The Kier molecular flexibility index (Phi) is 8.95. The first-order valence-corrected chi connectivity index (χ1v) is 10.8. The number of amides is 3. The van der Waals surface area contributed by atoms with Crippen LogP contribution >= 0.6 is 0 Å². The van der Waals surface area contributed by atoms with Crippen LogP contribution in [0.15, 0.2) is 77.9 Å². The van der Waals surface area contributed by atoms with Gasteiger partial charge in [-0.05, 0) is 53.9 Å². The van der Waals surface area contributed by atoms with E-state index in [0.29, 0.717) is 22.7 Å². The van der Waals surface area contributed by atoms with Crippen LogP contribution in [0.2, 0.25) is 0 Å². The van der Waals surface area contributed by atoms with E-state index < -0.39 is 11.8 Å². The van der Waals surface area contributed by atoms with Crippen molar-refractivity contribution in [1.29, 1.82) is 0 Å². The fraction of sp³-hybridized carbons (Fsp3) is 0.154. The molecule has 0 saturated heterocycles. The molecule has 0 spiro atoms. The van der Waals surface area contributed by atoms with Crippen molar-refractivity contribution in [3.63, 3.8) is 0 Å². The Hall–Kier alpha value is -4.66. The van der Waals surface area contributed by atoms with Crippen LogP contribution in [-0.4, -0.2) is 37.7 Å². The van der Waals surface area contributed by atoms with Gasteiger partial charge in [-0.15, -0.1) is 0 Å². The smallest absolute Gasteiger partial charge is 0.329 e. The molecule has 3 aromatic carbocycles. The lowest BCUT2D eigenvalue weighted by Gasteiger charge is -2.11. The number of carbonyl (C=O) groups excluding carboxylic acids is 3. The van der Waals surface area contributed by atoms with Crippen molar-refractivity contribution in [2.24, 2.45) is 5.10 Å². The van der Waals surface area contributed by atoms with Crippen LogP contribution in [0.25, 0.3) is 0 Å². The van der Waals surface area contributed by atoms with E-state index in [0.717, 1.165) is 11.1 Å². The quantitative estimate of drug-likeness (QED) is 0.250. The third-order valence-corrected chi connectivity index (χ3v) is 4.73. The molecule has 0 aliphatic carbocycles. The third-order valence-electron chi connectivity index (χ3n) is 4.73. The lowest BCUT2D eigenvalue weighted by Crippen LogP contribution is -2.37. The third kappa shape index (κ3) is 8.01. The molecule has 0 aliphatic heterocycles. The second-order valence-electron chi connectivity index (χ2n) is 7.48. The molecule has 0 bridgehead atoms. The zero-order valence-electron chi connectivity index (χ0n) is 19.4. The van der Waals surface area contributed by atoms with Crippen LogP contribution in [0.5, 0.6) is 11.5 Å². The molecule has 180 valence electrons. The van der Waals surface area contributed by atoms with Gasteiger partial charge >= 0.3 is 11.8 Å². The van der Waals surface area contributed by atoms with E-state index in [2.05, 4.69) is 21.2 Å². The summed E-state index contributed by atoms with van der Waals surface area (Å²) in [4.78, 5) is 36.0. The lowest BCUT2D eigenvalue weighted by molar-refractivity contribution is -0.139. The number of carbonyl (C=O) groups is 3. The number of hydrogen-bond donors (Lipinski definition) is 3. The highest BCUT2D eigenvalue weighted by molar-refractivity contribution is 6.35. The zero-order valence-corrected chi connectivity index (χ0v) is 19.4. The Bertz CT molecular complexity index is 1210. The minimum atomic E-state index is -0.885. The molecule has 3 amide bonds. The molecule has 9 nitrogen and oxygen atoms in total. The number of hydrazone groups is 1. The number of anilines is 1. The van der Waals surface area contributed by atoms with Crippen LogP contribution in [0, 0.1) is 6.92 Å². The summed E-state index contributed by atoms with van der Waals surface area (Å²) in [5, 5.41) is 9.09. The van der Waals surface area contributed by atoms with E-state index in [9.17, 15) is 14.4 Å². The van der Waals surface area contributed by atoms with Gasteiger partial charge in [-0.25, -0.2) is 5.43 Å². The number of rotatable bonds is 9. The topological polar surface area (TPSA) is 118 Å². The van der Waals surface area contributed by atoms with Crippen molar-refractivity contribution in [2.45, 2.75) is 13.5 Å². The van der Waals surface area contributed by atoms with Crippen molar-refractivity contribution < 1.29 is 23.9 Å². The van der Waals surface area contributed by atoms with Gasteiger partial charge in [-0.2, -0.15) is 5.10 Å². The highest BCUT2D eigenvalue weighted by Crippen LogP contribution is 2.27. The number of nitrogens with zero attached hydrogens (tertiary/aromatic N) is 1. The molecule has 0 fully saturated rings. The summed E-state index contributed by atoms with van der Waals surface area (Å²) in [5.41, 5.74) is 5.36. The van der Waals surface area contributed by atoms with Crippen LogP contribution in [0.1, 0.15) is 16.7 Å². The molecule has 3 N–H and O–H groups in total. The largest absolute Gasteiger partial charge is 0.493 e. The minimum absolute atomic E-state index is 0.202. The first-order chi connectivity index (χ1) is 16.9. The van der Waals surface area contributed by atoms with Gasteiger partial charge < -0.3 is 20.1 Å². The summed E-state index contributed by atoms with van der Waals surface area (Å²) in [7, 11) is 1.47. The maximum Gasteiger partial charge on any atom is 0.329 e. The van der Waals surface area contributed by atoms with Gasteiger partial charge in [0.05, 0.1) is 13.3 Å². The molecule has 35 heavy (non-hydrogen) atoms. The van der Waals surface area contributed by atoms with Crippen molar-refractivity contribution >= 4 is 29.6 Å². The Balaban J connectivity index is 1.49. The predicted octanol–water partition coefficient (Wildman–Crippen LogP) is 2.79. The number of hydrogen-bond acceptors (Lipinski definition) is 6. The van der Waals surface area contributed by atoms with Crippen LogP contribution in [-0.2, 0) is 20.9 Å². The fourth-order valence-electron chi connectivity index (χ4n) is 3.02. The van der Waals surface area contributed by atoms with Crippen LogP contribution in [0.3, 0.4) is 0 Å². The summed E-state index contributed by atoms with van der Waals surface area (Å²) in [5.74, 6) is -1.24. The SMILES string of the molecule is COc1cc(/C=N\NC(=O)C(=O)NCc2ccccc2)ccc1OCC(=O)Nc1cccc(C)c1. The van der Waals surface area contributed by atoms with E-state index in [4.69, 9.17) is 9.47 Å². The summed E-state index contributed by atoms with van der Waals surface area (Å²) < 4.78 is 10.9. The zero-order chi connectivity index (χ0) is 25.0. The summed E-state index contributed by atoms with van der Waals surface area (Å²) in [6.07, 6.45) is 1.36. The van der Waals surface area contributed by atoms with Gasteiger partial charge in [0, 0.05) is 12.2 Å². The molecular weight excluding hydrogens is 448 g/mol. The highest BCUT2D eigenvalue weighted by Gasteiger charge is 2.12. The molecule has 0 aromatic heterocycles. The Morgan fingerprint density at radius 1 is 0.914 bits per heavy atom. The normalized spacial score (nSPS) is 10.5. The Morgan fingerprint density at radius 2 is 1.71 bits per heavy atom. The molecule has 9 heteroatoms. The van der Waals surface area contributed by atoms with Crippen molar-refractivity contribution in [3.8, 4) is 11.5 Å². The van der Waals surface area contributed by atoms with Gasteiger partial charge in [-0.3, -0.25) is 14.4 Å². The second-order valence-corrected chi connectivity index (χ2v) is 7.48. The van der Waals surface area contributed by atoms with E-state index in [1.54, 1.807) is 24.3 Å². The van der Waals surface area contributed by atoms with E-state index in [1.165, 1.54) is 13.3 Å². The van der Waals surface area contributed by atoms with Crippen LogP contribution < -0.4 is 25.5 Å². The van der Waals surface area contributed by atoms with E-state index in [-0.39, 0.29) is 19.1 Å². The van der Waals surface area contributed by atoms with Gasteiger partial charge in [0.15, 0.2) is 18.1 Å². The number of ether oxygens (including phenoxy) is 2.